The third kappa shape index (κ3) is 4.43. The minimum atomic E-state index is -3.67. The number of para-hydroxylation sites is 2. The summed E-state index contributed by atoms with van der Waals surface area (Å²) in [7, 11) is -3.67. The van der Waals surface area contributed by atoms with Crippen LogP contribution >= 0.6 is 0 Å². The van der Waals surface area contributed by atoms with E-state index in [4.69, 9.17) is 4.74 Å². The monoisotopic (exact) mass is 477 g/mol. The Morgan fingerprint density at radius 3 is 2.62 bits per heavy atom. The van der Waals surface area contributed by atoms with Crippen molar-refractivity contribution in [1.82, 2.24) is 24.2 Å². The first kappa shape index (κ1) is 22.2. The second kappa shape index (κ2) is 9.34. The minimum absolute atomic E-state index is 0.0978. The van der Waals surface area contributed by atoms with Gasteiger partial charge in [0.05, 0.1) is 29.1 Å². The second-order valence-corrected chi connectivity index (χ2v) is 9.79. The Balaban J connectivity index is 1.26. The van der Waals surface area contributed by atoms with E-state index in [1.807, 2.05) is 41.0 Å². The summed E-state index contributed by atoms with van der Waals surface area (Å²) in [6.45, 7) is 1.59. The van der Waals surface area contributed by atoms with E-state index in [2.05, 4.69) is 15.3 Å². The number of hydrogen-bond acceptors (Lipinski definition) is 6. The van der Waals surface area contributed by atoms with Crippen LogP contribution in [0.15, 0.2) is 78.1 Å². The van der Waals surface area contributed by atoms with Gasteiger partial charge in [0.2, 0.25) is 10.0 Å². The van der Waals surface area contributed by atoms with Gasteiger partial charge in [0.15, 0.2) is 0 Å². The zero-order valence-electron chi connectivity index (χ0n) is 18.3. The van der Waals surface area contributed by atoms with E-state index in [1.54, 1.807) is 24.7 Å². The number of morpholine rings is 1. The Bertz CT molecular complexity index is 1430. The number of rotatable bonds is 6. The number of amides is 1. The summed E-state index contributed by atoms with van der Waals surface area (Å²) in [6.07, 6.45) is 3.43. The van der Waals surface area contributed by atoms with Crippen LogP contribution in [0.1, 0.15) is 15.9 Å². The lowest BCUT2D eigenvalue weighted by atomic mass is 10.2. The molecule has 174 valence electrons. The maximum atomic E-state index is 12.9. The lowest BCUT2D eigenvalue weighted by Gasteiger charge is -2.26. The first-order chi connectivity index (χ1) is 16.5. The lowest BCUT2D eigenvalue weighted by molar-refractivity contribution is 0.0730. The van der Waals surface area contributed by atoms with Crippen molar-refractivity contribution in [2.75, 3.05) is 26.3 Å². The SMILES string of the molecule is O=C(NCc1ccc(-n2cnc3ccccc32)nc1)c1cccc(S(=O)(=O)N2CCOCC2)c1. The van der Waals surface area contributed by atoms with Crippen molar-refractivity contribution in [2.24, 2.45) is 0 Å². The molecule has 4 aromatic rings. The number of benzene rings is 2. The van der Waals surface area contributed by atoms with Crippen LogP contribution in [0.2, 0.25) is 0 Å². The summed E-state index contributed by atoms with van der Waals surface area (Å²) in [5, 5.41) is 2.83. The van der Waals surface area contributed by atoms with Gasteiger partial charge in [-0.15, -0.1) is 0 Å². The molecule has 1 aliphatic rings. The molecule has 3 heterocycles. The molecule has 0 bridgehead atoms. The summed E-state index contributed by atoms with van der Waals surface area (Å²) in [5.74, 6) is 0.369. The van der Waals surface area contributed by atoms with Gasteiger partial charge in [0.25, 0.3) is 5.91 Å². The van der Waals surface area contributed by atoms with Gasteiger partial charge in [0, 0.05) is 31.4 Å². The van der Waals surface area contributed by atoms with Crippen molar-refractivity contribution >= 4 is 27.0 Å². The quantitative estimate of drug-likeness (QED) is 0.457. The molecule has 1 fully saturated rings. The van der Waals surface area contributed by atoms with E-state index < -0.39 is 10.0 Å². The van der Waals surface area contributed by atoms with Crippen molar-refractivity contribution in [2.45, 2.75) is 11.4 Å². The highest BCUT2D eigenvalue weighted by Gasteiger charge is 2.26. The minimum Gasteiger partial charge on any atom is -0.379 e. The topological polar surface area (TPSA) is 106 Å². The van der Waals surface area contributed by atoms with Gasteiger partial charge in [-0.1, -0.05) is 24.3 Å². The standard InChI is InChI=1S/C24H23N5O4S/c30-24(19-4-3-5-20(14-19)34(31,32)28-10-12-33-13-11-28)26-16-18-8-9-23(25-15-18)29-17-27-21-6-1-2-7-22(21)29/h1-9,14-15,17H,10-13,16H2,(H,26,30). The number of imidazole rings is 1. The van der Waals surface area contributed by atoms with Gasteiger partial charge < -0.3 is 10.1 Å². The summed E-state index contributed by atoms with van der Waals surface area (Å²) in [5.41, 5.74) is 2.95. The number of carbonyl (C=O) groups excluding carboxylic acids is 1. The second-order valence-electron chi connectivity index (χ2n) is 7.85. The third-order valence-electron chi connectivity index (χ3n) is 5.67. The molecule has 2 aromatic carbocycles. The number of carbonyl (C=O) groups is 1. The molecule has 10 heteroatoms. The largest absolute Gasteiger partial charge is 0.379 e. The predicted octanol–water partition coefficient (Wildman–Crippen LogP) is 2.37. The van der Waals surface area contributed by atoms with Gasteiger partial charge >= 0.3 is 0 Å². The van der Waals surface area contributed by atoms with Gasteiger partial charge in [0.1, 0.15) is 12.1 Å². The molecule has 0 atom stereocenters. The molecule has 0 saturated carbocycles. The lowest BCUT2D eigenvalue weighted by Crippen LogP contribution is -2.40. The summed E-state index contributed by atoms with van der Waals surface area (Å²) in [4.78, 5) is 21.7. The highest BCUT2D eigenvalue weighted by Crippen LogP contribution is 2.19. The fraction of sp³-hybridized carbons (Fsp3) is 0.208. The molecule has 1 amide bonds. The Morgan fingerprint density at radius 2 is 1.82 bits per heavy atom. The van der Waals surface area contributed by atoms with E-state index >= 15 is 0 Å². The zero-order chi connectivity index (χ0) is 23.5. The van der Waals surface area contributed by atoms with E-state index in [9.17, 15) is 13.2 Å². The highest BCUT2D eigenvalue weighted by atomic mass is 32.2. The average molecular weight is 478 g/mol. The van der Waals surface area contributed by atoms with Crippen LogP contribution in [-0.4, -0.2) is 59.5 Å². The van der Waals surface area contributed by atoms with E-state index in [-0.39, 0.29) is 22.9 Å². The van der Waals surface area contributed by atoms with Gasteiger partial charge in [-0.05, 0) is 42.0 Å². The van der Waals surface area contributed by atoms with Crippen LogP contribution in [0.4, 0.5) is 0 Å². The number of fused-ring (bicyclic) bond motifs is 1. The number of nitrogens with one attached hydrogen (secondary N) is 1. The van der Waals surface area contributed by atoms with Crippen LogP contribution in [0.25, 0.3) is 16.9 Å². The Labute approximate surface area is 197 Å². The van der Waals surface area contributed by atoms with E-state index in [0.717, 1.165) is 22.4 Å². The van der Waals surface area contributed by atoms with Gasteiger partial charge in [-0.2, -0.15) is 4.31 Å². The molecule has 9 nitrogen and oxygen atoms in total. The summed E-state index contributed by atoms with van der Waals surface area (Å²) >= 11 is 0. The normalized spacial score (nSPS) is 14.8. The van der Waals surface area contributed by atoms with Gasteiger partial charge in [-0.25, -0.2) is 18.4 Å². The number of ether oxygens (including phenoxy) is 1. The Hall–Kier alpha value is -3.60. The van der Waals surface area contributed by atoms with Gasteiger partial charge in [-0.3, -0.25) is 9.36 Å². The molecule has 0 radical (unpaired) electrons. The fourth-order valence-electron chi connectivity index (χ4n) is 3.82. The maximum absolute atomic E-state index is 12.9. The zero-order valence-corrected chi connectivity index (χ0v) is 19.1. The molecule has 1 aliphatic heterocycles. The van der Waals surface area contributed by atoms with Crippen molar-refractivity contribution < 1.29 is 17.9 Å². The predicted molar refractivity (Wildman–Crippen MR) is 126 cm³/mol. The summed E-state index contributed by atoms with van der Waals surface area (Å²) in [6, 6.07) is 17.6. The molecule has 2 aromatic heterocycles. The maximum Gasteiger partial charge on any atom is 0.251 e. The van der Waals surface area contributed by atoms with Crippen LogP contribution in [0.3, 0.4) is 0 Å². The highest BCUT2D eigenvalue weighted by molar-refractivity contribution is 7.89. The average Bonchev–Trinajstić information content (AvgIpc) is 3.32. The third-order valence-corrected chi connectivity index (χ3v) is 7.56. The van der Waals surface area contributed by atoms with Crippen molar-refractivity contribution in [3.05, 3.63) is 84.3 Å². The molecule has 0 aliphatic carbocycles. The molecule has 0 spiro atoms. The molecule has 5 rings (SSSR count). The molecule has 0 unspecified atom stereocenters. The number of aromatic nitrogens is 3. The summed E-state index contributed by atoms with van der Waals surface area (Å²) < 4.78 is 34.3. The number of hydrogen-bond donors (Lipinski definition) is 1. The van der Waals surface area contributed by atoms with Crippen molar-refractivity contribution in [1.29, 1.82) is 0 Å². The Kier molecular flexibility index (Phi) is 6.10. The van der Waals surface area contributed by atoms with Crippen LogP contribution < -0.4 is 5.32 Å². The number of sulfonamides is 1. The van der Waals surface area contributed by atoms with E-state index in [0.29, 0.717) is 26.3 Å². The molecular formula is C24H23N5O4S. The number of pyridine rings is 1. The molecule has 1 N–H and O–H groups in total. The van der Waals surface area contributed by atoms with Crippen molar-refractivity contribution in [3.8, 4) is 5.82 Å². The number of nitrogens with zero attached hydrogens (tertiary/aromatic N) is 4. The fourth-order valence-corrected chi connectivity index (χ4v) is 5.28. The van der Waals surface area contributed by atoms with Crippen molar-refractivity contribution in [3.63, 3.8) is 0 Å². The molecule has 1 saturated heterocycles. The van der Waals surface area contributed by atoms with Crippen LogP contribution in [0, 0.1) is 0 Å². The van der Waals surface area contributed by atoms with E-state index in [1.165, 1.54) is 16.4 Å². The molecular weight excluding hydrogens is 454 g/mol. The first-order valence-electron chi connectivity index (χ1n) is 10.9. The smallest absolute Gasteiger partial charge is 0.251 e. The molecule has 34 heavy (non-hydrogen) atoms. The Morgan fingerprint density at radius 1 is 1.00 bits per heavy atom. The van der Waals surface area contributed by atoms with Crippen LogP contribution in [-0.2, 0) is 21.3 Å². The van der Waals surface area contributed by atoms with Crippen LogP contribution in [0.5, 0.6) is 0 Å². The first-order valence-corrected chi connectivity index (χ1v) is 12.3.